The minimum absolute atomic E-state index is 0.00356. The van der Waals surface area contributed by atoms with Gasteiger partial charge in [0, 0.05) is 18.2 Å². The second-order valence-electron chi connectivity index (χ2n) is 6.25. The van der Waals surface area contributed by atoms with Crippen LogP contribution in [0.1, 0.15) is 15.9 Å². The number of nitrogens with zero attached hydrogens (tertiary/aromatic N) is 1. The Bertz CT molecular complexity index is 1080. The van der Waals surface area contributed by atoms with Gasteiger partial charge in [0.1, 0.15) is 5.75 Å². The lowest BCUT2D eigenvalue weighted by Gasteiger charge is -2.04. The molecule has 0 radical (unpaired) electrons. The molecule has 7 nitrogen and oxygen atoms in total. The summed E-state index contributed by atoms with van der Waals surface area (Å²) >= 11 is 1.35. The molecule has 148 valence electrons. The number of H-pyrrole nitrogens is 1. The Kier molecular flexibility index (Phi) is 6.38. The first-order valence-corrected chi connectivity index (χ1v) is 11.4. The van der Waals surface area contributed by atoms with Crippen LogP contribution in [-0.4, -0.2) is 49.8 Å². The minimum atomic E-state index is -3.19. The number of hydrogen-bond donors (Lipinski definition) is 2. The zero-order valence-electron chi connectivity index (χ0n) is 15.6. The number of imidazole rings is 1. The van der Waals surface area contributed by atoms with Gasteiger partial charge in [-0.1, -0.05) is 36.0 Å². The summed E-state index contributed by atoms with van der Waals surface area (Å²) in [5, 5.41) is 0.681. The summed E-state index contributed by atoms with van der Waals surface area (Å²) in [6.45, 7) is 0.332. The third-order valence-electron chi connectivity index (χ3n) is 4.06. The summed E-state index contributed by atoms with van der Waals surface area (Å²) in [5.41, 5.74) is 3.26. The Morgan fingerprint density at radius 2 is 1.96 bits per heavy atom. The van der Waals surface area contributed by atoms with Crippen molar-refractivity contribution in [2.45, 2.75) is 11.6 Å². The number of fused-ring (bicyclic) bond motifs is 1. The molecule has 0 aliphatic heterocycles. The van der Waals surface area contributed by atoms with Crippen molar-refractivity contribution in [3.05, 3.63) is 53.6 Å². The first-order chi connectivity index (χ1) is 13.3. The van der Waals surface area contributed by atoms with E-state index in [2.05, 4.69) is 14.7 Å². The number of carbonyl (C=O) groups excluding carboxylic acids is 1. The molecule has 0 atom stereocenters. The molecule has 0 aliphatic carbocycles. The molecule has 1 heterocycles. The topological polar surface area (TPSA) is 101 Å². The summed E-state index contributed by atoms with van der Waals surface area (Å²) in [6, 6.07) is 12.8. The van der Waals surface area contributed by atoms with E-state index in [4.69, 9.17) is 4.74 Å². The number of methoxy groups -OCH3 is 1. The predicted octanol–water partition coefficient (Wildman–Crippen LogP) is 2.64. The fourth-order valence-corrected chi connectivity index (χ4v) is 3.87. The largest absolute Gasteiger partial charge is 0.497 e. The van der Waals surface area contributed by atoms with Crippen LogP contribution in [0.5, 0.6) is 5.75 Å². The third-order valence-corrected chi connectivity index (χ3v) is 5.66. The maximum Gasteiger partial charge on any atom is 0.208 e. The van der Waals surface area contributed by atoms with Crippen LogP contribution in [0.4, 0.5) is 0 Å². The van der Waals surface area contributed by atoms with Gasteiger partial charge in [-0.15, -0.1) is 0 Å². The average molecular weight is 420 g/mol. The SMILES string of the molecule is COc1ccc2nc(SCC(=O)c3ccc(CCNS(C)(=O)=O)cc3)[nH]c2c1. The van der Waals surface area contributed by atoms with Crippen LogP contribution in [0.15, 0.2) is 47.6 Å². The lowest BCUT2D eigenvalue weighted by molar-refractivity contribution is 0.102. The summed E-state index contributed by atoms with van der Waals surface area (Å²) in [5.74, 6) is 1.02. The maximum absolute atomic E-state index is 12.4. The first kappa shape index (κ1) is 20.4. The van der Waals surface area contributed by atoms with Crippen LogP contribution in [0.2, 0.25) is 0 Å². The summed E-state index contributed by atoms with van der Waals surface area (Å²) < 4.78 is 29.8. The minimum Gasteiger partial charge on any atom is -0.497 e. The van der Waals surface area contributed by atoms with Crippen molar-refractivity contribution in [2.24, 2.45) is 0 Å². The Balaban J connectivity index is 1.56. The van der Waals surface area contributed by atoms with Crippen molar-refractivity contribution in [1.82, 2.24) is 14.7 Å². The predicted molar refractivity (Wildman–Crippen MR) is 111 cm³/mol. The first-order valence-electron chi connectivity index (χ1n) is 8.57. The fourth-order valence-electron chi connectivity index (χ4n) is 2.62. The highest BCUT2D eigenvalue weighted by atomic mass is 32.2. The third kappa shape index (κ3) is 5.57. The van der Waals surface area contributed by atoms with Crippen LogP contribution in [0.3, 0.4) is 0 Å². The lowest BCUT2D eigenvalue weighted by Crippen LogP contribution is -2.24. The van der Waals surface area contributed by atoms with Crippen molar-refractivity contribution in [1.29, 1.82) is 0 Å². The Morgan fingerprint density at radius 3 is 2.64 bits per heavy atom. The van der Waals surface area contributed by atoms with Crippen LogP contribution in [-0.2, 0) is 16.4 Å². The molecule has 2 aromatic carbocycles. The van der Waals surface area contributed by atoms with Gasteiger partial charge in [0.2, 0.25) is 10.0 Å². The quantitative estimate of drug-likeness (QED) is 0.408. The molecule has 3 rings (SSSR count). The van der Waals surface area contributed by atoms with Gasteiger partial charge in [0.05, 0.1) is 30.2 Å². The number of carbonyl (C=O) groups is 1. The Morgan fingerprint density at radius 1 is 1.21 bits per heavy atom. The summed E-state index contributed by atoms with van der Waals surface area (Å²) in [6.07, 6.45) is 1.70. The highest BCUT2D eigenvalue weighted by Crippen LogP contribution is 2.23. The average Bonchev–Trinajstić information content (AvgIpc) is 3.07. The van der Waals surface area contributed by atoms with Crippen LogP contribution >= 0.6 is 11.8 Å². The molecule has 0 saturated carbocycles. The van der Waals surface area contributed by atoms with Crippen molar-refractivity contribution >= 4 is 38.6 Å². The standard InChI is InChI=1S/C19H21N3O4S2/c1-26-15-7-8-16-17(11-15)22-19(21-16)27-12-18(23)14-5-3-13(4-6-14)9-10-20-28(2,24)25/h3-8,11,20H,9-10,12H2,1-2H3,(H,21,22). The normalized spacial score (nSPS) is 11.6. The molecule has 3 aromatic rings. The molecule has 0 amide bonds. The molecule has 2 N–H and O–H groups in total. The number of nitrogens with one attached hydrogen (secondary N) is 2. The van der Waals surface area contributed by atoms with E-state index in [1.807, 2.05) is 30.3 Å². The second kappa shape index (κ2) is 8.76. The number of ether oxygens (including phenoxy) is 1. The number of hydrogen-bond acceptors (Lipinski definition) is 6. The van der Waals surface area contributed by atoms with Crippen molar-refractivity contribution < 1.29 is 17.9 Å². The van der Waals surface area contributed by atoms with E-state index >= 15 is 0 Å². The zero-order valence-corrected chi connectivity index (χ0v) is 17.2. The van der Waals surface area contributed by atoms with E-state index in [9.17, 15) is 13.2 Å². The smallest absolute Gasteiger partial charge is 0.208 e. The number of sulfonamides is 1. The van der Waals surface area contributed by atoms with Gasteiger partial charge in [-0.25, -0.2) is 18.1 Å². The number of rotatable bonds is 9. The Hall–Kier alpha value is -2.36. The number of thioether (sulfide) groups is 1. The van der Waals surface area contributed by atoms with E-state index in [0.717, 1.165) is 28.6 Å². The summed E-state index contributed by atoms with van der Waals surface area (Å²) in [7, 11) is -1.58. The van der Waals surface area contributed by atoms with Gasteiger partial charge in [0.15, 0.2) is 10.9 Å². The van der Waals surface area contributed by atoms with E-state index in [0.29, 0.717) is 23.7 Å². The van der Waals surface area contributed by atoms with E-state index in [1.54, 1.807) is 19.2 Å². The fraction of sp³-hybridized carbons (Fsp3) is 0.263. The monoisotopic (exact) mass is 419 g/mol. The maximum atomic E-state index is 12.4. The highest BCUT2D eigenvalue weighted by molar-refractivity contribution is 7.99. The number of benzene rings is 2. The van der Waals surface area contributed by atoms with Crippen LogP contribution < -0.4 is 9.46 Å². The number of ketones is 1. The number of aromatic nitrogens is 2. The van der Waals surface area contributed by atoms with Gasteiger partial charge >= 0.3 is 0 Å². The van der Waals surface area contributed by atoms with Crippen LogP contribution in [0, 0.1) is 0 Å². The molecule has 0 aliphatic rings. The molecule has 0 fully saturated rings. The van der Waals surface area contributed by atoms with E-state index in [1.165, 1.54) is 11.8 Å². The number of Topliss-reactive ketones (excluding diaryl/α,β-unsaturated/α-hetero) is 1. The van der Waals surface area contributed by atoms with Crippen molar-refractivity contribution in [3.63, 3.8) is 0 Å². The highest BCUT2D eigenvalue weighted by Gasteiger charge is 2.10. The number of aromatic amines is 1. The molecular weight excluding hydrogens is 398 g/mol. The molecule has 0 unspecified atom stereocenters. The van der Waals surface area contributed by atoms with E-state index < -0.39 is 10.0 Å². The lowest BCUT2D eigenvalue weighted by atomic mass is 10.1. The van der Waals surface area contributed by atoms with Gasteiger partial charge < -0.3 is 9.72 Å². The summed E-state index contributed by atoms with van der Waals surface area (Å²) in [4.78, 5) is 20.1. The van der Waals surface area contributed by atoms with Crippen molar-refractivity contribution in [3.8, 4) is 5.75 Å². The van der Waals surface area contributed by atoms with E-state index in [-0.39, 0.29) is 11.5 Å². The molecule has 0 bridgehead atoms. The second-order valence-corrected chi connectivity index (χ2v) is 9.05. The molecule has 28 heavy (non-hydrogen) atoms. The van der Waals surface area contributed by atoms with Gasteiger partial charge in [-0.05, 0) is 24.1 Å². The molecular formula is C19H21N3O4S2. The molecule has 1 aromatic heterocycles. The van der Waals surface area contributed by atoms with Crippen LogP contribution in [0.25, 0.3) is 11.0 Å². The molecule has 9 heteroatoms. The van der Waals surface area contributed by atoms with Gasteiger partial charge in [-0.3, -0.25) is 4.79 Å². The zero-order chi connectivity index (χ0) is 20.1. The van der Waals surface area contributed by atoms with Crippen molar-refractivity contribution in [2.75, 3.05) is 25.7 Å². The van der Waals surface area contributed by atoms with Gasteiger partial charge in [0.25, 0.3) is 0 Å². The molecule has 0 saturated heterocycles. The molecule has 0 spiro atoms. The van der Waals surface area contributed by atoms with Gasteiger partial charge in [-0.2, -0.15) is 0 Å². The Labute approximate surface area is 167 Å².